The van der Waals surface area contributed by atoms with Gasteiger partial charge in [-0.1, -0.05) is 29.8 Å². The standard InChI is InChI=1S/C25H24N6O3S/c1-17-2-4-18(5-3-17)19-15-35-23-22(19)25(34)31(16-28-23)9-6-21(32)29-10-12-30(13-11-29)24(33)20-14-26-7-8-27-20/h2-5,7-8,14-16H,6,9-13H2,1H3. The third kappa shape index (κ3) is 4.69. The van der Waals surface area contributed by atoms with Crippen molar-refractivity contribution in [3.8, 4) is 11.1 Å². The molecule has 0 atom stereocenters. The van der Waals surface area contributed by atoms with E-state index in [1.54, 1.807) is 9.80 Å². The maximum absolute atomic E-state index is 13.2. The molecule has 4 heterocycles. The molecule has 5 rings (SSSR count). The smallest absolute Gasteiger partial charge is 0.274 e. The van der Waals surface area contributed by atoms with Gasteiger partial charge < -0.3 is 9.80 Å². The fourth-order valence-corrected chi connectivity index (χ4v) is 5.08. The Bertz CT molecular complexity index is 1420. The minimum absolute atomic E-state index is 0.0484. The van der Waals surface area contributed by atoms with E-state index in [2.05, 4.69) is 15.0 Å². The summed E-state index contributed by atoms with van der Waals surface area (Å²) in [6.07, 6.45) is 6.16. The van der Waals surface area contributed by atoms with Crippen molar-refractivity contribution in [3.05, 3.63) is 76.2 Å². The van der Waals surface area contributed by atoms with E-state index in [1.807, 2.05) is 36.6 Å². The zero-order valence-electron chi connectivity index (χ0n) is 19.3. The Balaban J connectivity index is 1.24. The summed E-state index contributed by atoms with van der Waals surface area (Å²) in [5, 5.41) is 2.55. The summed E-state index contributed by atoms with van der Waals surface area (Å²) >= 11 is 1.44. The largest absolute Gasteiger partial charge is 0.339 e. The fraction of sp³-hybridized carbons (Fsp3) is 0.280. The van der Waals surface area contributed by atoms with Crippen molar-refractivity contribution in [2.45, 2.75) is 19.9 Å². The third-order valence-corrected chi connectivity index (χ3v) is 7.08. The second kappa shape index (κ2) is 9.75. The number of carbonyl (C=O) groups excluding carboxylic acids is 2. The summed E-state index contributed by atoms with van der Waals surface area (Å²) < 4.78 is 1.51. The third-order valence-electron chi connectivity index (χ3n) is 6.19. The van der Waals surface area contributed by atoms with Crippen molar-refractivity contribution in [3.63, 3.8) is 0 Å². The molecule has 0 radical (unpaired) electrons. The molecule has 1 fully saturated rings. The van der Waals surface area contributed by atoms with E-state index in [-0.39, 0.29) is 30.3 Å². The molecule has 35 heavy (non-hydrogen) atoms. The number of benzene rings is 1. The predicted octanol–water partition coefficient (Wildman–Crippen LogP) is 2.60. The highest BCUT2D eigenvalue weighted by Crippen LogP contribution is 2.30. The van der Waals surface area contributed by atoms with Crippen LogP contribution in [-0.2, 0) is 11.3 Å². The molecule has 1 aromatic carbocycles. The molecule has 10 heteroatoms. The zero-order valence-corrected chi connectivity index (χ0v) is 20.1. The molecule has 0 unspecified atom stereocenters. The van der Waals surface area contributed by atoms with Gasteiger partial charge in [0.1, 0.15) is 10.5 Å². The van der Waals surface area contributed by atoms with Gasteiger partial charge in [0, 0.05) is 62.5 Å². The normalized spacial score (nSPS) is 13.9. The van der Waals surface area contributed by atoms with Gasteiger partial charge in [-0.25, -0.2) is 9.97 Å². The summed E-state index contributed by atoms with van der Waals surface area (Å²) in [5.41, 5.74) is 3.16. The average Bonchev–Trinajstić information content (AvgIpc) is 3.34. The van der Waals surface area contributed by atoms with Gasteiger partial charge in [0.15, 0.2) is 0 Å². The Morgan fingerprint density at radius 2 is 1.74 bits per heavy atom. The Kier molecular flexibility index (Phi) is 6.37. The Morgan fingerprint density at radius 1 is 1.00 bits per heavy atom. The molecular weight excluding hydrogens is 464 g/mol. The van der Waals surface area contributed by atoms with Crippen LogP contribution in [0.1, 0.15) is 22.5 Å². The van der Waals surface area contributed by atoms with E-state index in [4.69, 9.17) is 0 Å². The van der Waals surface area contributed by atoms with E-state index < -0.39 is 0 Å². The first-order valence-electron chi connectivity index (χ1n) is 11.4. The number of aryl methyl sites for hydroxylation is 2. The molecule has 1 aliphatic heterocycles. The first-order chi connectivity index (χ1) is 17.0. The summed E-state index contributed by atoms with van der Waals surface area (Å²) in [7, 11) is 0. The molecule has 0 saturated carbocycles. The average molecular weight is 489 g/mol. The van der Waals surface area contributed by atoms with Crippen LogP contribution in [0, 0.1) is 6.92 Å². The number of carbonyl (C=O) groups is 2. The highest BCUT2D eigenvalue weighted by atomic mass is 32.1. The number of aromatic nitrogens is 4. The quantitative estimate of drug-likeness (QED) is 0.428. The molecule has 0 aliphatic carbocycles. The van der Waals surface area contributed by atoms with E-state index in [1.165, 1.54) is 40.8 Å². The van der Waals surface area contributed by atoms with Crippen LogP contribution < -0.4 is 5.56 Å². The highest BCUT2D eigenvalue weighted by Gasteiger charge is 2.25. The monoisotopic (exact) mass is 488 g/mol. The number of hydrogen-bond acceptors (Lipinski definition) is 7. The van der Waals surface area contributed by atoms with Crippen LogP contribution in [0.5, 0.6) is 0 Å². The number of fused-ring (bicyclic) bond motifs is 1. The molecule has 1 aliphatic rings. The lowest BCUT2D eigenvalue weighted by Crippen LogP contribution is -2.50. The van der Waals surface area contributed by atoms with Gasteiger partial charge in [-0.3, -0.25) is 23.9 Å². The first kappa shape index (κ1) is 22.9. The minimum atomic E-state index is -0.184. The second-order valence-electron chi connectivity index (χ2n) is 8.45. The van der Waals surface area contributed by atoms with Crippen LogP contribution in [0.3, 0.4) is 0 Å². The van der Waals surface area contributed by atoms with Crippen LogP contribution in [0.15, 0.2) is 59.4 Å². The maximum atomic E-state index is 13.2. The van der Waals surface area contributed by atoms with Crippen molar-refractivity contribution < 1.29 is 9.59 Å². The molecule has 0 spiro atoms. The predicted molar refractivity (Wildman–Crippen MR) is 133 cm³/mol. The van der Waals surface area contributed by atoms with E-state index in [0.29, 0.717) is 42.1 Å². The number of amides is 2. The van der Waals surface area contributed by atoms with Crippen molar-refractivity contribution >= 4 is 33.4 Å². The fourth-order valence-electron chi connectivity index (χ4n) is 4.18. The van der Waals surface area contributed by atoms with Gasteiger partial charge >= 0.3 is 0 Å². The number of piperazine rings is 1. The Hall–Kier alpha value is -3.92. The second-order valence-corrected chi connectivity index (χ2v) is 9.31. The van der Waals surface area contributed by atoms with Crippen molar-refractivity contribution in [2.24, 2.45) is 0 Å². The summed E-state index contributed by atoms with van der Waals surface area (Å²) in [6, 6.07) is 8.05. The lowest BCUT2D eigenvalue weighted by molar-refractivity contribution is -0.132. The van der Waals surface area contributed by atoms with Crippen LogP contribution in [-0.4, -0.2) is 67.3 Å². The molecule has 0 bridgehead atoms. The molecule has 2 amide bonds. The van der Waals surface area contributed by atoms with Gasteiger partial charge in [0.2, 0.25) is 5.91 Å². The van der Waals surface area contributed by atoms with Gasteiger partial charge in [0.05, 0.1) is 17.9 Å². The lowest BCUT2D eigenvalue weighted by Gasteiger charge is -2.34. The Morgan fingerprint density at radius 3 is 2.46 bits per heavy atom. The topological polar surface area (TPSA) is 101 Å². The molecule has 1 saturated heterocycles. The molecule has 0 N–H and O–H groups in total. The first-order valence-corrected chi connectivity index (χ1v) is 12.3. The van der Waals surface area contributed by atoms with Gasteiger partial charge in [-0.05, 0) is 12.5 Å². The highest BCUT2D eigenvalue weighted by molar-refractivity contribution is 7.17. The van der Waals surface area contributed by atoms with E-state index >= 15 is 0 Å². The van der Waals surface area contributed by atoms with Gasteiger partial charge in [-0.2, -0.15) is 0 Å². The summed E-state index contributed by atoms with van der Waals surface area (Å²) in [6.45, 7) is 4.03. The van der Waals surface area contributed by atoms with Crippen molar-refractivity contribution in [1.82, 2.24) is 29.3 Å². The summed E-state index contributed by atoms with van der Waals surface area (Å²) in [5.74, 6) is -0.232. The lowest BCUT2D eigenvalue weighted by atomic mass is 10.1. The molecule has 4 aromatic rings. The number of hydrogen-bond donors (Lipinski definition) is 0. The van der Waals surface area contributed by atoms with Crippen molar-refractivity contribution in [2.75, 3.05) is 26.2 Å². The Labute approximate surface area is 205 Å². The zero-order chi connectivity index (χ0) is 24.4. The number of nitrogens with zero attached hydrogens (tertiary/aromatic N) is 6. The number of rotatable bonds is 5. The molecule has 9 nitrogen and oxygen atoms in total. The SMILES string of the molecule is Cc1ccc(-c2csc3ncn(CCC(=O)N4CCN(C(=O)c5cnccn5)CC4)c(=O)c23)cc1. The molecule has 3 aromatic heterocycles. The van der Waals surface area contributed by atoms with Gasteiger partial charge in [0.25, 0.3) is 11.5 Å². The van der Waals surface area contributed by atoms with Gasteiger partial charge in [-0.15, -0.1) is 11.3 Å². The van der Waals surface area contributed by atoms with Crippen LogP contribution in [0.4, 0.5) is 0 Å². The van der Waals surface area contributed by atoms with Crippen LogP contribution in [0.25, 0.3) is 21.3 Å². The molecule has 178 valence electrons. The minimum Gasteiger partial charge on any atom is -0.339 e. The van der Waals surface area contributed by atoms with Crippen LogP contribution in [0.2, 0.25) is 0 Å². The molecular formula is C25H24N6O3S. The summed E-state index contributed by atoms with van der Waals surface area (Å²) in [4.78, 5) is 55.2. The van der Waals surface area contributed by atoms with Crippen molar-refractivity contribution in [1.29, 1.82) is 0 Å². The number of thiophene rings is 1. The van der Waals surface area contributed by atoms with E-state index in [9.17, 15) is 14.4 Å². The maximum Gasteiger partial charge on any atom is 0.274 e. The van der Waals surface area contributed by atoms with E-state index in [0.717, 1.165) is 16.7 Å². The van der Waals surface area contributed by atoms with Crippen LogP contribution >= 0.6 is 11.3 Å².